The van der Waals surface area contributed by atoms with E-state index in [0.717, 1.165) is 5.69 Å². The molecule has 1 nitrogen and oxygen atoms in total. The monoisotopic (exact) mass is 162 g/mol. The van der Waals surface area contributed by atoms with Gasteiger partial charge in [0.2, 0.25) is 0 Å². The molecular weight excluding hydrogens is 146 g/mol. The molecule has 1 aromatic rings. The topological polar surface area (TPSA) is 14.1 Å². The largest absolute Gasteiger partial charge is 0.687 e. The number of aryl methyl sites for hydroxylation is 1. The van der Waals surface area contributed by atoms with Gasteiger partial charge >= 0.3 is 0 Å². The third-order valence-corrected chi connectivity index (χ3v) is 2.01. The Morgan fingerprint density at radius 3 is 2.33 bits per heavy atom. The van der Waals surface area contributed by atoms with Crippen molar-refractivity contribution in [2.24, 2.45) is 0 Å². The first kappa shape index (κ1) is 9.11. The van der Waals surface area contributed by atoms with Crippen molar-refractivity contribution in [2.45, 2.75) is 26.2 Å². The van der Waals surface area contributed by atoms with Gasteiger partial charge in [0.1, 0.15) is 0 Å². The van der Waals surface area contributed by atoms with Crippen LogP contribution < -0.4 is 0 Å². The van der Waals surface area contributed by atoms with Crippen LogP contribution in [0.15, 0.2) is 24.3 Å². The number of unbranched alkanes of at least 4 members (excludes halogenated alkanes) is 1. The van der Waals surface area contributed by atoms with Gasteiger partial charge in [-0.1, -0.05) is 37.6 Å². The van der Waals surface area contributed by atoms with Gasteiger partial charge in [-0.2, -0.15) is 0 Å². The standard InChI is InChI=1S/C11H16N/c1-3-4-5-10-6-8-11(12-2)9-7-10/h6-9H,3-5H2,1-2H3/q-1. The second-order valence-corrected chi connectivity index (χ2v) is 2.99. The number of hydrogen-bond donors (Lipinski definition) is 0. The Labute approximate surface area is 74.8 Å². The molecule has 66 valence electrons. The summed E-state index contributed by atoms with van der Waals surface area (Å²) < 4.78 is 0. The molecule has 1 rings (SSSR count). The van der Waals surface area contributed by atoms with Crippen molar-refractivity contribution in [3.8, 4) is 0 Å². The van der Waals surface area contributed by atoms with Gasteiger partial charge in [-0.3, -0.25) is 0 Å². The first-order chi connectivity index (χ1) is 5.86. The maximum absolute atomic E-state index is 4.09. The van der Waals surface area contributed by atoms with E-state index in [1.807, 2.05) is 7.05 Å². The lowest BCUT2D eigenvalue weighted by Crippen LogP contribution is -1.82. The Morgan fingerprint density at radius 1 is 1.17 bits per heavy atom. The molecule has 0 N–H and O–H groups in total. The van der Waals surface area contributed by atoms with Crippen molar-refractivity contribution in [3.63, 3.8) is 0 Å². The Morgan fingerprint density at radius 2 is 1.83 bits per heavy atom. The van der Waals surface area contributed by atoms with Crippen molar-refractivity contribution in [2.75, 3.05) is 7.05 Å². The zero-order valence-corrected chi connectivity index (χ0v) is 7.88. The Balaban J connectivity index is 2.53. The Hall–Kier alpha value is -0.980. The van der Waals surface area contributed by atoms with Gasteiger partial charge in [0, 0.05) is 0 Å². The van der Waals surface area contributed by atoms with Crippen LogP contribution in [-0.4, -0.2) is 7.05 Å². The summed E-state index contributed by atoms with van der Waals surface area (Å²) in [6, 6.07) is 8.48. The minimum absolute atomic E-state index is 1.07. The molecule has 0 radical (unpaired) electrons. The molecule has 0 amide bonds. The second-order valence-electron chi connectivity index (χ2n) is 2.99. The summed E-state index contributed by atoms with van der Waals surface area (Å²) in [6.45, 7) is 2.22. The minimum atomic E-state index is 1.07. The Bertz CT molecular complexity index is 213. The van der Waals surface area contributed by atoms with E-state index in [2.05, 4.69) is 36.5 Å². The first-order valence-electron chi connectivity index (χ1n) is 4.55. The summed E-state index contributed by atoms with van der Waals surface area (Å²) in [5.41, 5.74) is 2.49. The highest BCUT2D eigenvalue weighted by Crippen LogP contribution is 2.16. The van der Waals surface area contributed by atoms with Crippen molar-refractivity contribution in [1.82, 2.24) is 0 Å². The third kappa shape index (κ3) is 2.57. The molecule has 1 heteroatoms. The zero-order chi connectivity index (χ0) is 8.81. The van der Waals surface area contributed by atoms with E-state index in [4.69, 9.17) is 0 Å². The molecule has 0 aromatic heterocycles. The lowest BCUT2D eigenvalue weighted by atomic mass is 10.1. The smallest absolute Gasteiger partial charge is 0.0279 e. The number of hydrogen-bond acceptors (Lipinski definition) is 0. The molecule has 0 fully saturated rings. The molecule has 0 aliphatic heterocycles. The van der Waals surface area contributed by atoms with Crippen LogP contribution in [0.2, 0.25) is 0 Å². The predicted octanol–water partition coefficient (Wildman–Crippen LogP) is 3.66. The highest BCUT2D eigenvalue weighted by Gasteiger charge is 1.88. The first-order valence-corrected chi connectivity index (χ1v) is 4.55. The average molecular weight is 162 g/mol. The minimum Gasteiger partial charge on any atom is -0.687 e. The van der Waals surface area contributed by atoms with Crippen LogP contribution in [0.25, 0.3) is 5.32 Å². The van der Waals surface area contributed by atoms with Gasteiger partial charge in [-0.15, -0.1) is 12.7 Å². The summed E-state index contributed by atoms with van der Waals surface area (Å²) in [7, 11) is 1.82. The van der Waals surface area contributed by atoms with Crippen molar-refractivity contribution < 1.29 is 0 Å². The van der Waals surface area contributed by atoms with E-state index in [1.54, 1.807) is 0 Å². The maximum atomic E-state index is 4.09. The molecule has 0 heterocycles. The van der Waals surface area contributed by atoms with Crippen LogP contribution >= 0.6 is 0 Å². The van der Waals surface area contributed by atoms with Gasteiger partial charge < -0.3 is 5.32 Å². The van der Waals surface area contributed by atoms with Gasteiger partial charge in [0.15, 0.2) is 0 Å². The lowest BCUT2D eigenvalue weighted by Gasteiger charge is -2.13. The molecule has 0 saturated carbocycles. The molecule has 0 atom stereocenters. The molecule has 1 aromatic carbocycles. The summed E-state index contributed by atoms with van der Waals surface area (Å²) in [5, 5.41) is 4.09. The molecule has 0 aliphatic rings. The number of nitrogens with zero attached hydrogens (tertiary/aromatic N) is 1. The summed E-state index contributed by atoms with van der Waals surface area (Å²) in [6.07, 6.45) is 3.74. The van der Waals surface area contributed by atoms with Crippen LogP contribution in [0.5, 0.6) is 0 Å². The molecule has 0 saturated heterocycles. The fourth-order valence-corrected chi connectivity index (χ4v) is 1.19. The molecule has 0 aliphatic carbocycles. The molecule has 0 bridgehead atoms. The highest BCUT2D eigenvalue weighted by atomic mass is 14.8. The van der Waals surface area contributed by atoms with Crippen LogP contribution in [0.3, 0.4) is 0 Å². The van der Waals surface area contributed by atoms with E-state index in [9.17, 15) is 0 Å². The summed E-state index contributed by atoms with van der Waals surface area (Å²) in [5.74, 6) is 0. The van der Waals surface area contributed by atoms with E-state index < -0.39 is 0 Å². The quantitative estimate of drug-likeness (QED) is 0.641. The summed E-state index contributed by atoms with van der Waals surface area (Å²) >= 11 is 0. The van der Waals surface area contributed by atoms with Crippen molar-refractivity contribution in [3.05, 3.63) is 35.1 Å². The zero-order valence-electron chi connectivity index (χ0n) is 7.88. The molecule has 12 heavy (non-hydrogen) atoms. The fourth-order valence-electron chi connectivity index (χ4n) is 1.19. The number of rotatable bonds is 4. The fraction of sp³-hybridized carbons (Fsp3) is 0.455. The van der Waals surface area contributed by atoms with E-state index in [1.165, 1.54) is 24.8 Å². The van der Waals surface area contributed by atoms with E-state index in [0.29, 0.717) is 0 Å². The van der Waals surface area contributed by atoms with Gasteiger partial charge in [0.25, 0.3) is 0 Å². The second kappa shape index (κ2) is 4.81. The van der Waals surface area contributed by atoms with Crippen LogP contribution in [-0.2, 0) is 6.42 Å². The van der Waals surface area contributed by atoms with Crippen molar-refractivity contribution in [1.29, 1.82) is 0 Å². The van der Waals surface area contributed by atoms with Gasteiger partial charge in [0.05, 0.1) is 0 Å². The normalized spacial score (nSPS) is 9.83. The molecule has 0 unspecified atom stereocenters. The van der Waals surface area contributed by atoms with E-state index >= 15 is 0 Å². The number of benzene rings is 1. The molecular formula is C11H16N-. The van der Waals surface area contributed by atoms with Crippen molar-refractivity contribution >= 4 is 5.69 Å². The third-order valence-electron chi connectivity index (χ3n) is 2.01. The predicted molar refractivity (Wildman–Crippen MR) is 54.0 cm³/mol. The maximum Gasteiger partial charge on any atom is -0.0279 e. The van der Waals surface area contributed by atoms with Crippen LogP contribution in [0, 0.1) is 0 Å². The summed E-state index contributed by atoms with van der Waals surface area (Å²) in [4.78, 5) is 0. The SMILES string of the molecule is CCCCc1ccc([N-]C)cc1. The average Bonchev–Trinajstić information content (AvgIpc) is 2.15. The van der Waals surface area contributed by atoms with Crippen LogP contribution in [0.4, 0.5) is 5.69 Å². The van der Waals surface area contributed by atoms with Gasteiger partial charge in [-0.25, -0.2) is 0 Å². The highest BCUT2D eigenvalue weighted by molar-refractivity contribution is 5.48. The Kier molecular flexibility index (Phi) is 3.65. The van der Waals surface area contributed by atoms with Gasteiger partial charge in [-0.05, 0) is 18.4 Å². The lowest BCUT2D eigenvalue weighted by molar-refractivity contribution is 0.795. The van der Waals surface area contributed by atoms with E-state index in [-0.39, 0.29) is 0 Å². The van der Waals surface area contributed by atoms with Crippen LogP contribution in [0.1, 0.15) is 25.3 Å². The molecule has 0 spiro atoms.